The summed E-state index contributed by atoms with van der Waals surface area (Å²) in [6, 6.07) is 1.26. The standard InChI is InChI=1S/C11H6F5N/c1-17-3-2-5(4-17)6-7(12)9(14)11(16)10(15)8(6)13/h2-4H,1H3. The van der Waals surface area contributed by atoms with Crippen molar-refractivity contribution < 1.29 is 22.0 Å². The molecular weight excluding hydrogens is 241 g/mol. The van der Waals surface area contributed by atoms with E-state index in [9.17, 15) is 22.0 Å². The zero-order valence-electron chi connectivity index (χ0n) is 8.57. The molecule has 0 unspecified atom stereocenters. The molecule has 0 saturated carbocycles. The van der Waals surface area contributed by atoms with E-state index in [0.717, 1.165) is 0 Å². The molecule has 1 heterocycles. The first-order chi connectivity index (χ1) is 7.93. The maximum absolute atomic E-state index is 13.4. The molecule has 6 heteroatoms. The number of benzene rings is 1. The summed E-state index contributed by atoms with van der Waals surface area (Å²) in [5, 5.41) is 0. The second kappa shape index (κ2) is 3.87. The summed E-state index contributed by atoms with van der Waals surface area (Å²) in [4.78, 5) is 0. The van der Waals surface area contributed by atoms with Crippen molar-refractivity contribution in [3.63, 3.8) is 0 Å². The van der Waals surface area contributed by atoms with E-state index in [2.05, 4.69) is 0 Å². The van der Waals surface area contributed by atoms with Crippen molar-refractivity contribution in [1.82, 2.24) is 4.57 Å². The lowest BCUT2D eigenvalue weighted by Gasteiger charge is -2.06. The lowest BCUT2D eigenvalue weighted by molar-refractivity contribution is 0.381. The number of hydrogen-bond donors (Lipinski definition) is 0. The molecule has 0 aliphatic heterocycles. The van der Waals surface area contributed by atoms with Gasteiger partial charge in [0.1, 0.15) is 0 Å². The molecule has 0 fully saturated rings. The summed E-state index contributed by atoms with van der Waals surface area (Å²) in [5.74, 6) is -9.69. The highest BCUT2D eigenvalue weighted by Crippen LogP contribution is 2.31. The zero-order valence-corrected chi connectivity index (χ0v) is 8.57. The Kier molecular flexibility index (Phi) is 2.65. The first-order valence-electron chi connectivity index (χ1n) is 4.57. The van der Waals surface area contributed by atoms with Crippen LogP contribution in [0.3, 0.4) is 0 Å². The Labute approximate surface area is 93.1 Å². The topological polar surface area (TPSA) is 4.93 Å². The van der Waals surface area contributed by atoms with Crippen molar-refractivity contribution in [1.29, 1.82) is 0 Å². The lowest BCUT2D eigenvalue weighted by Crippen LogP contribution is -2.03. The van der Waals surface area contributed by atoms with Crippen LogP contribution >= 0.6 is 0 Å². The van der Waals surface area contributed by atoms with Crippen LogP contribution in [0.4, 0.5) is 22.0 Å². The predicted molar refractivity (Wildman–Crippen MR) is 50.6 cm³/mol. The van der Waals surface area contributed by atoms with Gasteiger partial charge in [-0.15, -0.1) is 0 Å². The molecule has 0 bridgehead atoms. The molecular formula is C11H6F5N. The van der Waals surface area contributed by atoms with Crippen molar-refractivity contribution in [3.05, 3.63) is 47.5 Å². The summed E-state index contributed by atoms with van der Waals surface area (Å²) in [6.07, 6.45) is 2.70. The van der Waals surface area contributed by atoms with Gasteiger partial charge in [0, 0.05) is 25.0 Å². The highest BCUT2D eigenvalue weighted by molar-refractivity contribution is 5.64. The van der Waals surface area contributed by atoms with Gasteiger partial charge in [-0.3, -0.25) is 0 Å². The van der Waals surface area contributed by atoms with Gasteiger partial charge in [-0.25, -0.2) is 22.0 Å². The Balaban J connectivity index is 2.78. The molecule has 0 aliphatic rings. The van der Waals surface area contributed by atoms with E-state index in [0.29, 0.717) is 0 Å². The number of rotatable bonds is 1. The maximum atomic E-state index is 13.4. The van der Waals surface area contributed by atoms with Gasteiger partial charge in [0.2, 0.25) is 5.82 Å². The van der Waals surface area contributed by atoms with Crippen molar-refractivity contribution in [2.24, 2.45) is 7.05 Å². The van der Waals surface area contributed by atoms with Crippen LogP contribution in [0.5, 0.6) is 0 Å². The third-order valence-corrected chi connectivity index (χ3v) is 2.33. The zero-order chi connectivity index (χ0) is 12.7. The van der Waals surface area contributed by atoms with E-state index >= 15 is 0 Å². The Morgan fingerprint density at radius 1 is 0.824 bits per heavy atom. The van der Waals surface area contributed by atoms with Crippen LogP contribution in [0.25, 0.3) is 11.1 Å². The third kappa shape index (κ3) is 1.69. The predicted octanol–water partition coefficient (Wildman–Crippen LogP) is 3.39. The fourth-order valence-electron chi connectivity index (χ4n) is 1.51. The molecule has 0 radical (unpaired) electrons. The Morgan fingerprint density at radius 2 is 1.29 bits per heavy atom. The summed E-state index contributed by atoms with van der Waals surface area (Å²) >= 11 is 0. The fraction of sp³-hybridized carbons (Fsp3) is 0.0909. The van der Waals surface area contributed by atoms with Gasteiger partial charge in [0.05, 0.1) is 5.56 Å². The van der Waals surface area contributed by atoms with E-state index in [1.807, 2.05) is 0 Å². The lowest BCUT2D eigenvalue weighted by atomic mass is 10.1. The van der Waals surface area contributed by atoms with Crippen molar-refractivity contribution >= 4 is 0 Å². The molecule has 0 atom stereocenters. The minimum atomic E-state index is -2.15. The number of halogens is 5. The summed E-state index contributed by atoms with van der Waals surface area (Å²) in [6.45, 7) is 0. The SMILES string of the molecule is Cn1ccc(-c2c(F)c(F)c(F)c(F)c2F)c1. The number of nitrogens with zero attached hydrogens (tertiary/aromatic N) is 1. The smallest absolute Gasteiger partial charge is 0.200 e. The van der Waals surface area contributed by atoms with E-state index in [-0.39, 0.29) is 5.56 Å². The molecule has 1 aromatic heterocycles. The Bertz CT molecular complexity index is 559. The van der Waals surface area contributed by atoms with Crippen LogP contribution in [0.15, 0.2) is 18.5 Å². The van der Waals surface area contributed by atoms with Crippen LogP contribution in [-0.2, 0) is 7.05 Å². The van der Waals surface area contributed by atoms with E-state index in [1.165, 1.54) is 23.0 Å². The quantitative estimate of drug-likeness (QED) is 0.413. The molecule has 0 amide bonds. The molecule has 1 nitrogen and oxygen atoms in total. The normalized spacial score (nSPS) is 10.9. The average molecular weight is 247 g/mol. The third-order valence-electron chi connectivity index (χ3n) is 2.33. The van der Waals surface area contributed by atoms with Crippen LogP contribution in [-0.4, -0.2) is 4.57 Å². The molecule has 0 aliphatic carbocycles. The fourth-order valence-corrected chi connectivity index (χ4v) is 1.51. The first-order valence-corrected chi connectivity index (χ1v) is 4.57. The minimum Gasteiger partial charge on any atom is -0.357 e. The van der Waals surface area contributed by atoms with Crippen LogP contribution in [0.2, 0.25) is 0 Å². The Morgan fingerprint density at radius 3 is 1.71 bits per heavy atom. The molecule has 1 aromatic carbocycles. The van der Waals surface area contributed by atoms with Crippen molar-refractivity contribution in [2.75, 3.05) is 0 Å². The highest BCUT2D eigenvalue weighted by atomic mass is 19.2. The second-order valence-electron chi connectivity index (χ2n) is 3.51. The first kappa shape index (κ1) is 11.6. The van der Waals surface area contributed by atoms with E-state index in [1.54, 1.807) is 7.05 Å². The largest absolute Gasteiger partial charge is 0.357 e. The van der Waals surface area contributed by atoms with Gasteiger partial charge < -0.3 is 4.57 Å². The highest BCUT2D eigenvalue weighted by Gasteiger charge is 2.26. The van der Waals surface area contributed by atoms with Crippen molar-refractivity contribution in [3.8, 4) is 11.1 Å². The van der Waals surface area contributed by atoms with Gasteiger partial charge >= 0.3 is 0 Å². The summed E-state index contributed by atoms with van der Waals surface area (Å²) < 4.78 is 66.8. The van der Waals surface area contributed by atoms with Gasteiger partial charge in [-0.1, -0.05) is 0 Å². The van der Waals surface area contributed by atoms with Gasteiger partial charge in [0.15, 0.2) is 23.3 Å². The van der Waals surface area contributed by atoms with Crippen molar-refractivity contribution in [2.45, 2.75) is 0 Å². The molecule has 0 saturated heterocycles. The maximum Gasteiger partial charge on any atom is 0.200 e. The van der Waals surface area contributed by atoms with Crippen LogP contribution < -0.4 is 0 Å². The minimum absolute atomic E-state index is 0.0692. The average Bonchev–Trinajstić information content (AvgIpc) is 2.71. The number of aromatic nitrogens is 1. The molecule has 2 rings (SSSR count). The Hall–Kier alpha value is -1.85. The molecule has 90 valence electrons. The molecule has 0 spiro atoms. The summed E-state index contributed by atoms with van der Waals surface area (Å²) in [5.41, 5.74) is -0.984. The molecule has 2 aromatic rings. The van der Waals surface area contributed by atoms with E-state index in [4.69, 9.17) is 0 Å². The second-order valence-corrected chi connectivity index (χ2v) is 3.51. The van der Waals surface area contributed by atoms with Gasteiger partial charge in [-0.2, -0.15) is 0 Å². The van der Waals surface area contributed by atoms with E-state index < -0.39 is 34.6 Å². The molecule has 17 heavy (non-hydrogen) atoms. The van der Waals surface area contributed by atoms with Crippen LogP contribution in [0.1, 0.15) is 0 Å². The van der Waals surface area contributed by atoms with Crippen LogP contribution in [0, 0.1) is 29.1 Å². The van der Waals surface area contributed by atoms with Gasteiger partial charge in [0.25, 0.3) is 0 Å². The monoisotopic (exact) mass is 247 g/mol. The van der Waals surface area contributed by atoms with Gasteiger partial charge in [-0.05, 0) is 6.07 Å². The number of hydrogen-bond acceptors (Lipinski definition) is 0. The summed E-state index contributed by atoms with van der Waals surface area (Å²) in [7, 11) is 1.57. The molecule has 0 N–H and O–H groups in total. The number of aryl methyl sites for hydroxylation is 1.